The molecular weight excluding hydrogens is 238 g/mol. The summed E-state index contributed by atoms with van der Waals surface area (Å²) in [6.45, 7) is 2.25. The Morgan fingerprint density at radius 1 is 1.69 bits per heavy atom. The lowest BCUT2D eigenvalue weighted by molar-refractivity contribution is 0.507. The standard InChI is InChI=1S/C11H13N3S2/c1-6-2-3-7-8(5-12)10(14-11(13)15)16-9(7)4-6/h6H,2-4H2,1H3,(H3,13,14,15). The van der Waals surface area contributed by atoms with E-state index < -0.39 is 0 Å². The summed E-state index contributed by atoms with van der Waals surface area (Å²) in [6, 6.07) is 2.26. The molecule has 0 amide bonds. The van der Waals surface area contributed by atoms with Gasteiger partial charge in [0.1, 0.15) is 11.1 Å². The monoisotopic (exact) mass is 251 g/mol. The quantitative estimate of drug-likeness (QED) is 0.752. The zero-order valence-electron chi connectivity index (χ0n) is 9.04. The van der Waals surface area contributed by atoms with Crippen molar-refractivity contribution in [2.24, 2.45) is 11.7 Å². The number of hydrogen-bond donors (Lipinski definition) is 2. The summed E-state index contributed by atoms with van der Waals surface area (Å²) in [5.74, 6) is 0.704. The second kappa shape index (κ2) is 4.40. The van der Waals surface area contributed by atoms with Crippen molar-refractivity contribution < 1.29 is 0 Å². The van der Waals surface area contributed by atoms with Crippen molar-refractivity contribution in [2.45, 2.75) is 26.2 Å². The van der Waals surface area contributed by atoms with E-state index in [0.29, 0.717) is 5.92 Å². The van der Waals surface area contributed by atoms with Crippen molar-refractivity contribution in [2.75, 3.05) is 5.32 Å². The van der Waals surface area contributed by atoms with E-state index in [4.69, 9.17) is 18.0 Å². The Morgan fingerprint density at radius 2 is 2.44 bits per heavy atom. The third-order valence-electron chi connectivity index (χ3n) is 2.86. The van der Waals surface area contributed by atoms with Crippen LogP contribution in [0.15, 0.2) is 0 Å². The highest BCUT2D eigenvalue weighted by molar-refractivity contribution is 7.80. The Balaban J connectivity index is 2.41. The number of thiophene rings is 1. The van der Waals surface area contributed by atoms with E-state index in [1.54, 1.807) is 11.3 Å². The molecule has 0 radical (unpaired) electrons. The molecule has 2 rings (SSSR count). The van der Waals surface area contributed by atoms with Crippen molar-refractivity contribution in [3.63, 3.8) is 0 Å². The Bertz CT molecular complexity index is 470. The zero-order chi connectivity index (χ0) is 11.7. The molecule has 5 heteroatoms. The van der Waals surface area contributed by atoms with Gasteiger partial charge in [-0.15, -0.1) is 11.3 Å². The molecule has 16 heavy (non-hydrogen) atoms. The minimum absolute atomic E-state index is 0.225. The summed E-state index contributed by atoms with van der Waals surface area (Å²) in [5, 5.41) is 13.1. The summed E-state index contributed by atoms with van der Waals surface area (Å²) in [6.07, 6.45) is 3.22. The normalized spacial score (nSPS) is 18.6. The molecule has 1 heterocycles. The Labute approximate surface area is 104 Å². The maximum atomic E-state index is 9.17. The predicted octanol–water partition coefficient (Wildman–Crippen LogP) is 2.40. The Kier molecular flexibility index (Phi) is 3.13. The van der Waals surface area contributed by atoms with Crippen LogP contribution in [0.25, 0.3) is 0 Å². The summed E-state index contributed by atoms with van der Waals surface area (Å²) in [7, 11) is 0. The number of thiocarbonyl (C=S) groups is 1. The summed E-state index contributed by atoms with van der Waals surface area (Å²) >= 11 is 6.43. The van der Waals surface area contributed by atoms with Gasteiger partial charge < -0.3 is 11.1 Å². The van der Waals surface area contributed by atoms with E-state index in [0.717, 1.165) is 29.8 Å². The van der Waals surface area contributed by atoms with E-state index >= 15 is 0 Å². The molecule has 0 saturated carbocycles. The van der Waals surface area contributed by atoms with Crippen LogP contribution in [0.1, 0.15) is 29.3 Å². The van der Waals surface area contributed by atoms with Gasteiger partial charge in [0.15, 0.2) is 5.11 Å². The van der Waals surface area contributed by atoms with E-state index in [2.05, 4.69) is 18.3 Å². The topological polar surface area (TPSA) is 61.8 Å². The van der Waals surface area contributed by atoms with Crippen molar-refractivity contribution in [3.05, 3.63) is 16.0 Å². The highest BCUT2D eigenvalue weighted by atomic mass is 32.1. The predicted molar refractivity (Wildman–Crippen MR) is 70.6 cm³/mol. The number of nitrogens with zero attached hydrogens (tertiary/aromatic N) is 1. The smallest absolute Gasteiger partial charge is 0.168 e. The molecule has 1 aliphatic rings. The van der Waals surface area contributed by atoms with E-state index in [1.165, 1.54) is 10.4 Å². The molecule has 0 bridgehead atoms. The number of hydrogen-bond acceptors (Lipinski definition) is 3. The second-order valence-corrected chi connectivity index (χ2v) is 5.70. The van der Waals surface area contributed by atoms with Gasteiger partial charge in [-0.1, -0.05) is 6.92 Å². The SMILES string of the molecule is CC1CCc2c(sc(NC(N)=S)c2C#N)C1. The molecule has 0 spiro atoms. The number of anilines is 1. The zero-order valence-corrected chi connectivity index (χ0v) is 10.7. The van der Waals surface area contributed by atoms with Gasteiger partial charge in [-0.25, -0.2) is 0 Å². The first-order chi connectivity index (χ1) is 7.61. The number of nitrogens with two attached hydrogens (primary N) is 1. The van der Waals surface area contributed by atoms with Crippen molar-refractivity contribution in [1.29, 1.82) is 5.26 Å². The van der Waals surface area contributed by atoms with Gasteiger partial charge in [0.2, 0.25) is 0 Å². The van der Waals surface area contributed by atoms with Crippen LogP contribution in [-0.4, -0.2) is 5.11 Å². The van der Waals surface area contributed by atoms with Gasteiger partial charge in [-0.3, -0.25) is 0 Å². The maximum Gasteiger partial charge on any atom is 0.168 e. The highest BCUT2D eigenvalue weighted by Gasteiger charge is 2.23. The average Bonchev–Trinajstić information content (AvgIpc) is 2.52. The number of nitriles is 1. The Hall–Kier alpha value is -1.12. The van der Waals surface area contributed by atoms with Crippen molar-refractivity contribution >= 4 is 33.7 Å². The van der Waals surface area contributed by atoms with Gasteiger partial charge in [-0.2, -0.15) is 5.26 Å². The maximum absolute atomic E-state index is 9.17. The summed E-state index contributed by atoms with van der Waals surface area (Å²) in [4.78, 5) is 1.31. The van der Waals surface area contributed by atoms with E-state index in [9.17, 15) is 5.26 Å². The molecule has 1 aliphatic carbocycles. The molecule has 1 unspecified atom stereocenters. The lowest BCUT2D eigenvalue weighted by Gasteiger charge is -2.17. The van der Waals surface area contributed by atoms with Gasteiger partial charge >= 0.3 is 0 Å². The number of rotatable bonds is 1. The highest BCUT2D eigenvalue weighted by Crippen LogP contribution is 2.38. The lowest BCUT2D eigenvalue weighted by atomic mass is 9.89. The first kappa shape index (κ1) is 11.4. The lowest BCUT2D eigenvalue weighted by Crippen LogP contribution is -2.18. The number of nitrogens with one attached hydrogen (secondary N) is 1. The summed E-state index contributed by atoms with van der Waals surface area (Å²) in [5.41, 5.74) is 7.39. The molecule has 1 atom stereocenters. The second-order valence-electron chi connectivity index (χ2n) is 4.16. The number of fused-ring (bicyclic) bond motifs is 1. The van der Waals surface area contributed by atoms with Crippen LogP contribution < -0.4 is 11.1 Å². The molecule has 84 valence electrons. The largest absolute Gasteiger partial charge is 0.376 e. The molecule has 0 aromatic carbocycles. The van der Waals surface area contributed by atoms with Crippen LogP contribution in [0.5, 0.6) is 0 Å². The molecule has 0 fully saturated rings. The van der Waals surface area contributed by atoms with Crippen LogP contribution >= 0.6 is 23.6 Å². The van der Waals surface area contributed by atoms with Crippen molar-refractivity contribution in [3.8, 4) is 6.07 Å². The minimum atomic E-state index is 0.225. The van der Waals surface area contributed by atoms with Crippen LogP contribution in [0.3, 0.4) is 0 Å². The van der Waals surface area contributed by atoms with Gasteiger partial charge in [0.05, 0.1) is 5.56 Å². The van der Waals surface area contributed by atoms with Gasteiger partial charge in [0, 0.05) is 4.88 Å². The van der Waals surface area contributed by atoms with Crippen molar-refractivity contribution in [1.82, 2.24) is 0 Å². The molecule has 0 saturated heterocycles. The molecule has 3 N–H and O–H groups in total. The first-order valence-corrected chi connectivity index (χ1v) is 6.45. The van der Waals surface area contributed by atoms with Crippen LogP contribution in [0, 0.1) is 17.2 Å². The third-order valence-corrected chi connectivity index (χ3v) is 4.13. The van der Waals surface area contributed by atoms with E-state index in [-0.39, 0.29) is 5.11 Å². The Morgan fingerprint density at radius 3 is 3.06 bits per heavy atom. The molecule has 1 aromatic heterocycles. The molecule has 0 aliphatic heterocycles. The van der Waals surface area contributed by atoms with Crippen LogP contribution in [0.4, 0.5) is 5.00 Å². The van der Waals surface area contributed by atoms with E-state index in [1.807, 2.05) is 0 Å². The minimum Gasteiger partial charge on any atom is -0.376 e. The molecular formula is C11H13N3S2. The fraction of sp³-hybridized carbons (Fsp3) is 0.455. The van der Waals surface area contributed by atoms with Gasteiger partial charge in [0.25, 0.3) is 0 Å². The van der Waals surface area contributed by atoms with Crippen LogP contribution in [0.2, 0.25) is 0 Å². The molecule has 3 nitrogen and oxygen atoms in total. The fourth-order valence-electron chi connectivity index (χ4n) is 2.07. The average molecular weight is 251 g/mol. The van der Waals surface area contributed by atoms with Gasteiger partial charge in [-0.05, 0) is 43.0 Å². The fourth-order valence-corrected chi connectivity index (χ4v) is 3.61. The first-order valence-electron chi connectivity index (χ1n) is 5.23. The van der Waals surface area contributed by atoms with Crippen LogP contribution in [-0.2, 0) is 12.8 Å². The summed E-state index contributed by atoms with van der Waals surface area (Å²) < 4.78 is 0. The third kappa shape index (κ3) is 2.04. The molecule has 1 aromatic rings.